The van der Waals surface area contributed by atoms with Crippen molar-refractivity contribution >= 4 is 5.69 Å². The number of hydrogen-bond acceptors (Lipinski definition) is 2. The van der Waals surface area contributed by atoms with Crippen LogP contribution in [0.3, 0.4) is 0 Å². The first-order chi connectivity index (χ1) is 9.95. The summed E-state index contributed by atoms with van der Waals surface area (Å²) >= 11 is 0. The van der Waals surface area contributed by atoms with Crippen LogP contribution in [-0.4, -0.2) is 18.6 Å². The van der Waals surface area contributed by atoms with Gasteiger partial charge in [0.05, 0.1) is 0 Å². The maximum Gasteiger partial charge on any atom is 0.0421 e. The zero-order valence-electron chi connectivity index (χ0n) is 14.4. The molecule has 0 bridgehead atoms. The highest BCUT2D eigenvalue weighted by molar-refractivity contribution is 5.57. The lowest BCUT2D eigenvalue weighted by molar-refractivity contribution is 0.497. The van der Waals surface area contributed by atoms with Crippen molar-refractivity contribution in [1.82, 2.24) is 5.32 Å². The molecule has 0 spiro atoms. The predicted octanol–water partition coefficient (Wildman–Crippen LogP) is 4.93. The van der Waals surface area contributed by atoms with Gasteiger partial charge in [-0.2, -0.15) is 0 Å². The van der Waals surface area contributed by atoms with Crippen LogP contribution in [0.2, 0.25) is 0 Å². The third-order valence-electron chi connectivity index (χ3n) is 3.77. The normalized spacial score (nSPS) is 13.0. The van der Waals surface area contributed by atoms with E-state index in [-0.39, 0.29) is 5.54 Å². The van der Waals surface area contributed by atoms with Crippen LogP contribution in [0.25, 0.3) is 0 Å². The van der Waals surface area contributed by atoms with Crippen LogP contribution in [0.4, 0.5) is 5.69 Å². The van der Waals surface area contributed by atoms with Crippen LogP contribution in [0, 0.1) is 0 Å². The average Bonchev–Trinajstić information content (AvgIpc) is 2.45. The van der Waals surface area contributed by atoms with E-state index < -0.39 is 0 Å². The Bertz CT molecular complexity index is 431. The minimum atomic E-state index is 0.0767. The first-order valence-corrected chi connectivity index (χ1v) is 8.16. The van der Waals surface area contributed by atoms with E-state index in [1.165, 1.54) is 11.3 Å². The number of rotatable bonds is 8. The van der Waals surface area contributed by atoms with Gasteiger partial charge in [-0.15, -0.1) is 6.58 Å². The van der Waals surface area contributed by atoms with Crippen molar-refractivity contribution in [3.05, 3.63) is 42.5 Å². The number of hydrogen-bond donors (Lipinski definition) is 1. The second-order valence-electron chi connectivity index (χ2n) is 6.54. The Hall–Kier alpha value is -1.28. The van der Waals surface area contributed by atoms with Gasteiger partial charge in [0.2, 0.25) is 0 Å². The van der Waals surface area contributed by atoms with E-state index in [1.807, 2.05) is 6.08 Å². The molecule has 1 unspecified atom stereocenters. The molecule has 1 rings (SSSR count). The molecule has 1 N–H and O–H groups in total. The van der Waals surface area contributed by atoms with Gasteiger partial charge >= 0.3 is 0 Å². The fraction of sp³-hybridized carbons (Fsp3) is 0.579. The zero-order chi connectivity index (χ0) is 15.9. The second kappa shape index (κ2) is 8.23. The Morgan fingerprint density at radius 1 is 1.24 bits per heavy atom. The van der Waals surface area contributed by atoms with Crippen LogP contribution >= 0.6 is 0 Å². The Labute approximate surface area is 131 Å². The summed E-state index contributed by atoms with van der Waals surface area (Å²) in [5.41, 5.74) is 2.79. The molecule has 1 atom stereocenters. The third-order valence-corrected chi connectivity index (χ3v) is 3.77. The molecule has 118 valence electrons. The topological polar surface area (TPSA) is 15.3 Å². The summed E-state index contributed by atoms with van der Waals surface area (Å²) in [4.78, 5) is 2.44. The van der Waals surface area contributed by atoms with E-state index in [4.69, 9.17) is 0 Å². The molecule has 0 fully saturated rings. The largest absolute Gasteiger partial charge is 0.363 e. The molecule has 0 aliphatic rings. The molecule has 21 heavy (non-hydrogen) atoms. The summed E-state index contributed by atoms with van der Waals surface area (Å²) < 4.78 is 0. The van der Waals surface area contributed by atoms with Crippen LogP contribution in [0.15, 0.2) is 36.9 Å². The average molecular weight is 288 g/mol. The first kappa shape index (κ1) is 17.8. The van der Waals surface area contributed by atoms with E-state index in [2.05, 4.69) is 75.7 Å². The highest BCUT2D eigenvalue weighted by atomic mass is 15.2. The molecule has 0 radical (unpaired) electrons. The van der Waals surface area contributed by atoms with E-state index in [9.17, 15) is 0 Å². The number of anilines is 1. The van der Waals surface area contributed by atoms with Crippen molar-refractivity contribution in [3.63, 3.8) is 0 Å². The molecule has 0 saturated heterocycles. The van der Waals surface area contributed by atoms with Gasteiger partial charge in [-0.25, -0.2) is 0 Å². The van der Waals surface area contributed by atoms with E-state index in [0.29, 0.717) is 6.04 Å². The van der Waals surface area contributed by atoms with Gasteiger partial charge in [-0.05, 0) is 51.8 Å². The molecule has 0 aliphatic heterocycles. The standard InChI is InChI=1S/C19H32N2/c1-7-14-20-17(9-3)16-12-10-11-13-18(16)21(15-8-2)19(4,5)6/h8,10-13,17,20H,2,7,9,14-15H2,1,3-6H3. The van der Waals surface area contributed by atoms with Crippen molar-refractivity contribution in [3.8, 4) is 0 Å². The maximum absolute atomic E-state index is 3.93. The number of para-hydroxylation sites is 1. The predicted molar refractivity (Wildman–Crippen MR) is 95.1 cm³/mol. The van der Waals surface area contributed by atoms with Gasteiger partial charge in [0.15, 0.2) is 0 Å². The molecule has 0 heterocycles. The molecule has 0 saturated carbocycles. The fourth-order valence-electron chi connectivity index (χ4n) is 2.68. The van der Waals surface area contributed by atoms with Crippen molar-refractivity contribution in [2.75, 3.05) is 18.0 Å². The van der Waals surface area contributed by atoms with Crippen molar-refractivity contribution in [2.24, 2.45) is 0 Å². The zero-order valence-corrected chi connectivity index (χ0v) is 14.4. The smallest absolute Gasteiger partial charge is 0.0421 e. The number of nitrogens with one attached hydrogen (secondary N) is 1. The van der Waals surface area contributed by atoms with Gasteiger partial charge in [-0.1, -0.05) is 38.1 Å². The molecule has 2 nitrogen and oxygen atoms in total. The van der Waals surface area contributed by atoms with E-state index in [1.54, 1.807) is 0 Å². The van der Waals surface area contributed by atoms with Gasteiger partial charge in [0.1, 0.15) is 0 Å². The molecule has 1 aromatic carbocycles. The van der Waals surface area contributed by atoms with Crippen molar-refractivity contribution in [2.45, 2.75) is 59.0 Å². The minimum Gasteiger partial charge on any atom is -0.363 e. The lowest BCUT2D eigenvalue weighted by Gasteiger charge is -2.39. The maximum atomic E-state index is 3.93. The summed E-state index contributed by atoms with van der Waals surface area (Å²) in [5.74, 6) is 0. The molecule has 2 heteroatoms. The molecular formula is C19H32N2. The monoisotopic (exact) mass is 288 g/mol. The van der Waals surface area contributed by atoms with E-state index in [0.717, 1.165) is 25.9 Å². The molecular weight excluding hydrogens is 256 g/mol. The Morgan fingerprint density at radius 3 is 2.43 bits per heavy atom. The summed E-state index contributed by atoms with van der Waals surface area (Å²) in [5, 5.41) is 3.67. The highest BCUT2D eigenvalue weighted by Crippen LogP contribution is 2.32. The Kier molecular flexibility index (Phi) is 6.97. The van der Waals surface area contributed by atoms with Crippen molar-refractivity contribution in [1.29, 1.82) is 0 Å². The highest BCUT2D eigenvalue weighted by Gasteiger charge is 2.24. The van der Waals surface area contributed by atoms with Crippen LogP contribution in [0.5, 0.6) is 0 Å². The molecule has 0 amide bonds. The summed E-state index contributed by atoms with van der Waals surface area (Å²) in [6.45, 7) is 17.1. The van der Waals surface area contributed by atoms with Gasteiger partial charge in [-0.3, -0.25) is 0 Å². The number of nitrogens with zero attached hydrogens (tertiary/aromatic N) is 1. The quantitative estimate of drug-likeness (QED) is 0.682. The lowest BCUT2D eigenvalue weighted by Crippen LogP contribution is -2.42. The number of benzene rings is 1. The Morgan fingerprint density at radius 2 is 1.90 bits per heavy atom. The molecule has 0 aliphatic carbocycles. The molecule has 0 aromatic heterocycles. The fourth-order valence-corrected chi connectivity index (χ4v) is 2.68. The van der Waals surface area contributed by atoms with Crippen molar-refractivity contribution < 1.29 is 0 Å². The van der Waals surface area contributed by atoms with E-state index >= 15 is 0 Å². The SMILES string of the molecule is C=CCN(c1ccccc1C(CC)NCCC)C(C)(C)C. The van der Waals surface area contributed by atoms with Gasteiger partial charge in [0, 0.05) is 23.8 Å². The second-order valence-corrected chi connectivity index (χ2v) is 6.54. The molecule has 1 aromatic rings. The third kappa shape index (κ3) is 4.89. The van der Waals surface area contributed by atoms with Crippen LogP contribution < -0.4 is 10.2 Å². The minimum absolute atomic E-state index is 0.0767. The summed E-state index contributed by atoms with van der Waals surface area (Å²) in [6, 6.07) is 9.18. The summed E-state index contributed by atoms with van der Waals surface area (Å²) in [7, 11) is 0. The van der Waals surface area contributed by atoms with Gasteiger partial charge in [0.25, 0.3) is 0 Å². The summed E-state index contributed by atoms with van der Waals surface area (Å²) in [6.07, 6.45) is 4.25. The van der Waals surface area contributed by atoms with Gasteiger partial charge < -0.3 is 10.2 Å². The van der Waals surface area contributed by atoms with Crippen LogP contribution in [-0.2, 0) is 0 Å². The van der Waals surface area contributed by atoms with Crippen LogP contribution in [0.1, 0.15) is 59.1 Å². The Balaban J connectivity index is 3.19. The lowest BCUT2D eigenvalue weighted by atomic mass is 9.97. The first-order valence-electron chi connectivity index (χ1n) is 8.16.